The maximum Gasteiger partial charge on any atom is 0.345 e. The molecule has 2 N–H and O–H groups in total. The first kappa shape index (κ1) is 7.27. The Balaban J connectivity index is 2.42. The molecule has 1 aliphatic carbocycles. The Kier molecular flexibility index (Phi) is 1.25. The zero-order valence-electron chi connectivity index (χ0n) is 6.02. The van der Waals surface area contributed by atoms with Crippen LogP contribution < -0.4 is 0 Å². The molecular formula is C8H6O4. The van der Waals surface area contributed by atoms with Crippen molar-refractivity contribution in [1.29, 1.82) is 0 Å². The van der Waals surface area contributed by atoms with Crippen LogP contribution in [0.5, 0.6) is 0 Å². The number of carbonyl (C=O) groups is 1. The number of allylic oxidation sites excluding steroid dienone is 3. The van der Waals surface area contributed by atoms with Crippen LogP contribution in [0.25, 0.3) is 0 Å². The van der Waals surface area contributed by atoms with Gasteiger partial charge in [-0.25, -0.2) is 0 Å². The number of aliphatic hydroxyl groups is 2. The molecule has 4 nitrogen and oxygen atoms in total. The molecule has 2 aliphatic rings. The van der Waals surface area contributed by atoms with Crippen LogP contribution in [0, 0.1) is 0 Å². The molecular weight excluding hydrogens is 160 g/mol. The molecule has 12 heavy (non-hydrogen) atoms. The highest BCUT2D eigenvalue weighted by Gasteiger charge is 2.33. The van der Waals surface area contributed by atoms with E-state index >= 15 is 0 Å². The summed E-state index contributed by atoms with van der Waals surface area (Å²) in [5.41, 5.74) is 0.514. The molecule has 62 valence electrons. The predicted molar refractivity (Wildman–Crippen MR) is 38.6 cm³/mol. The van der Waals surface area contributed by atoms with Gasteiger partial charge in [0, 0.05) is 17.7 Å². The van der Waals surface area contributed by atoms with Crippen molar-refractivity contribution in [2.45, 2.75) is 5.97 Å². The molecule has 0 radical (unpaired) electrons. The quantitative estimate of drug-likeness (QED) is 0.481. The van der Waals surface area contributed by atoms with Crippen LogP contribution in [0.15, 0.2) is 35.6 Å². The van der Waals surface area contributed by atoms with Gasteiger partial charge in [-0.15, -0.1) is 0 Å². The Morgan fingerprint density at radius 2 is 2.08 bits per heavy atom. The van der Waals surface area contributed by atoms with Gasteiger partial charge in [-0.3, -0.25) is 4.79 Å². The van der Waals surface area contributed by atoms with E-state index < -0.39 is 5.97 Å². The van der Waals surface area contributed by atoms with Crippen LogP contribution in [0.2, 0.25) is 0 Å². The van der Waals surface area contributed by atoms with Gasteiger partial charge in [0.2, 0.25) is 0 Å². The van der Waals surface area contributed by atoms with Crippen molar-refractivity contribution < 1.29 is 19.7 Å². The molecule has 2 rings (SSSR count). The van der Waals surface area contributed by atoms with Crippen molar-refractivity contribution in [1.82, 2.24) is 0 Å². The van der Waals surface area contributed by atoms with Gasteiger partial charge in [0.15, 0.2) is 5.78 Å². The summed E-state index contributed by atoms with van der Waals surface area (Å²) in [5, 5.41) is 18.0. The number of carbonyl (C=O) groups excluding carboxylic acids is 1. The number of fused-ring (bicyclic) bond motifs is 1. The van der Waals surface area contributed by atoms with Crippen molar-refractivity contribution in [3.05, 3.63) is 35.6 Å². The SMILES string of the molecule is O=C1C=CC2=CC(O)(O)OC2=C1. The summed E-state index contributed by atoms with van der Waals surface area (Å²) in [5.74, 6) is -2.29. The number of ether oxygens (including phenoxy) is 1. The molecule has 0 unspecified atom stereocenters. The number of hydrogen-bond donors (Lipinski definition) is 2. The Morgan fingerprint density at radius 3 is 2.83 bits per heavy atom. The van der Waals surface area contributed by atoms with E-state index in [-0.39, 0.29) is 11.5 Å². The largest absolute Gasteiger partial charge is 0.435 e. The highest BCUT2D eigenvalue weighted by Crippen LogP contribution is 2.30. The third-order valence-electron chi connectivity index (χ3n) is 1.59. The highest BCUT2D eigenvalue weighted by molar-refractivity contribution is 6.02. The number of rotatable bonds is 0. The minimum Gasteiger partial charge on any atom is -0.435 e. The molecule has 4 heteroatoms. The molecule has 0 amide bonds. The first-order chi connectivity index (χ1) is 5.57. The summed E-state index contributed by atoms with van der Waals surface area (Å²) < 4.78 is 4.63. The Labute approximate surface area is 68.1 Å². The van der Waals surface area contributed by atoms with Gasteiger partial charge in [0.25, 0.3) is 0 Å². The van der Waals surface area contributed by atoms with E-state index in [1.54, 1.807) is 0 Å². The van der Waals surface area contributed by atoms with Gasteiger partial charge in [0.05, 0.1) is 0 Å². The Bertz CT molecular complexity index is 333. The average Bonchev–Trinajstić information content (AvgIpc) is 2.21. The first-order valence-corrected chi connectivity index (χ1v) is 3.37. The fourth-order valence-electron chi connectivity index (χ4n) is 1.12. The van der Waals surface area contributed by atoms with Gasteiger partial charge in [0.1, 0.15) is 5.76 Å². The molecule has 0 saturated heterocycles. The fourth-order valence-corrected chi connectivity index (χ4v) is 1.12. The lowest BCUT2D eigenvalue weighted by Crippen LogP contribution is -2.24. The normalized spacial score (nSPS) is 24.3. The summed E-state index contributed by atoms with van der Waals surface area (Å²) in [4.78, 5) is 10.8. The zero-order chi connectivity index (χ0) is 8.77. The first-order valence-electron chi connectivity index (χ1n) is 3.37. The topological polar surface area (TPSA) is 66.8 Å². The molecule has 0 aromatic heterocycles. The Morgan fingerprint density at radius 1 is 1.33 bits per heavy atom. The monoisotopic (exact) mass is 166 g/mol. The van der Waals surface area contributed by atoms with E-state index in [0.29, 0.717) is 5.57 Å². The average molecular weight is 166 g/mol. The van der Waals surface area contributed by atoms with Crippen molar-refractivity contribution in [2.24, 2.45) is 0 Å². The van der Waals surface area contributed by atoms with Crippen LogP contribution in [-0.2, 0) is 9.53 Å². The molecule has 0 aromatic rings. The molecule has 0 spiro atoms. The maximum absolute atomic E-state index is 10.8. The maximum atomic E-state index is 10.8. The lowest BCUT2D eigenvalue weighted by Gasteiger charge is -2.12. The van der Waals surface area contributed by atoms with Crippen molar-refractivity contribution in [2.75, 3.05) is 0 Å². The Hall–Kier alpha value is -1.39. The van der Waals surface area contributed by atoms with Crippen LogP contribution >= 0.6 is 0 Å². The van der Waals surface area contributed by atoms with Gasteiger partial charge < -0.3 is 14.9 Å². The lowest BCUT2D eigenvalue weighted by molar-refractivity contribution is -0.274. The van der Waals surface area contributed by atoms with Gasteiger partial charge in [-0.1, -0.05) is 0 Å². The van der Waals surface area contributed by atoms with Gasteiger partial charge >= 0.3 is 5.97 Å². The van der Waals surface area contributed by atoms with E-state index in [4.69, 9.17) is 10.2 Å². The minimum atomic E-state index is -2.27. The van der Waals surface area contributed by atoms with Gasteiger partial charge in [-0.05, 0) is 12.2 Å². The van der Waals surface area contributed by atoms with Crippen LogP contribution in [0.3, 0.4) is 0 Å². The van der Waals surface area contributed by atoms with Gasteiger partial charge in [-0.2, -0.15) is 0 Å². The third-order valence-corrected chi connectivity index (χ3v) is 1.59. The van der Waals surface area contributed by atoms with Crippen molar-refractivity contribution >= 4 is 5.78 Å². The summed E-state index contributed by atoms with van der Waals surface area (Å²) in [7, 11) is 0. The molecule has 0 bridgehead atoms. The fraction of sp³-hybridized carbons (Fsp3) is 0.125. The third kappa shape index (κ3) is 1.07. The van der Waals surface area contributed by atoms with E-state index in [0.717, 1.165) is 6.08 Å². The van der Waals surface area contributed by atoms with E-state index in [9.17, 15) is 4.79 Å². The highest BCUT2D eigenvalue weighted by atomic mass is 16.8. The standard InChI is InChI=1S/C8H6O4/c9-6-2-1-5-4-8(10,11)12-7(5)3-6/h1-4,10-11H. The summed E-state index contributed by atoms with van der Waals surface area (Å²) in [6, 6.07) is 0. The summed E-state index contributed by atoms with van der Waals surface area (Å²) in [6.45, 7) is 0. The minimum absolute atomic E-state index is 0.201. The van der Waals surface area contributed by atoms with E-state index in [2.05, 4.69) is 4.74 Å². The van der Waals surface area contributed by atoms with Crippen molar-refractivity contribution in [3.63, 3.8) is 0 Å². The molecule has 1 aliphatic heterocycles. The number of hydrogen-bond acceptors (Lipinski definition) is 4. The second-order valence-corrected chi connectivity index (χ2v) is 2.60. The smallest absolute Gasteiger partial charge is 0.345 e. The zero-order valence-corrected chi connectivity index (χ0v) is 6.02. The molecule has 1 heterocycles. The van der Waals surface area contributed by atoms with Crippen LogP contribution in [-0.4, -0.2) is 22.0 Å². The second-order valence-electron chi connectivity index (χ2n) is 2.60. The number of ketones is 1. The molecule has 0 saturated carbocycles. The van der Waals surface area contributed by atoms with Crippen LogP contribution in [0.4, 0.5) is 0 Å². The molecule has 0 fully saturated rings. The second kappa shape index (κ2) is 2.06. The molecule has 0 aromatic carbocycles. The van der Waals surface area contributed by atoms with E-state index in [1.165, 1.54) is 18.2 Å². The lowest BCUT2D eigenvalue weighted by atomic mass is 10.1. The predicted octanol–water partition coefficient (Wildman–Crippen LogP) is -0.396. The summed E-state index contributed by atoms with van der Waals surface area (Å²) in [6.07, 6.45) is 5.15. The van der Waals surface area contributed by atoms with Crippen LogP contribution in [0.1, 0.15) is 0 Å². The molecule has 0 atom stereocenters. The summed E-state index contributed by atoms with van der Waals surface area (Å²) >= 11 is 0. The van der Waals surface area contributed by atoms with E-state index in [1.807, 2.05) is 0 Å². The van der Waals surface area contributed by atoms with Crippen molar-refractivity contribution in [3.8, 4) is 0 Å².